The van der Waals surface area contributed by atoms with Gasteiger partial charge in [-0.3, -0.25) is 14.9 Å². The first-order chi connectivity index (χ1) is 11.9. The van der Waals surface area contributed by atoms with Gasteiger partial charge >= 0.3 is 5.97 Å². The van der Waals surface area contributed by atoms with Crippen LogP contribution < -0.4 is 16.0 Å². The number of benzene rings is 1. The predicted octanol–water partition coefficient (Wildman–Crippen LogP) is -0.426. The number of hydrogen-bond acceptors (Lipinski definition) is 7. The van der Waals surface area contributed by atoms with E-state index in [9.17, 15) is 19.5 Å². The molecule has 0 heterocycles. The smallest absolute Gasteiger partial charge is 0.328 e. The highest BCUT2D eigenvalue weighted by molar-refractivity contribution is 7.80. The summed E-state index contributed by atoms with van der Waals surface area (Å²) in [6, 6.07) is 4.73. The number of rotatable bonds is 9. The number of nitrogens with one attached hydrogen (secondary N) is 3. The van der Waals surface area contributed by atoms with Crippen molar-refractivity contribution in [2.24, 2.45) is 0 Å². The molecule has 0 saturated carbocycles. The zero-order chi connectivity index (χ0) is 18.8. The third-order valence-corrected chi connectivity index (χ3v) is 3.73. The zero-order valence-electron chi connectivity index (χ0n) is 14.1. The Kier molecular flexibility index (Phi) is 8.79. The maximum Gasteiger partial charge on any atom is 0.328 e. The van der Waals surface area contributed by atoms with E-state index in [1.807, 2.05) is 0 Å². The van der Waals surface area contributed by atoms with Gasteiger partial charge in [0.25, 0.3) is 0 Å². The molecule has 0 aliphatic carbocycles. The van der Waals surface area contributed by atoms with Crippen molar-refractivity contribution in [1.29, 1.82) is 0 Å². The highest BCUT2D eigenvalue weighted by Crippen LogP contribution is 2.12. The fourth-order valence-corrected chi connectivity index (χ4v) is 2.31. The molecule has 138 valence electrons. The lowest BCUT2D eigenvalue weighted by Crippen LogP contribution is -2.53. The van der Waals surface area contributed by atoms with Gasteiger partial charge in [0.15, 0.2) is 0 Å². The van der Waals surface area contributed by atoms with Crippen molar-refractivity contribution in [1.82, 2.24) is 16.0 Å². The number of ether oxygens (including phenoxy) is 1. The number of phenolic OH excluding ortho intramolecular Hbond substituents is 1. The molecule has 0 aromatic heterocycles. The Hall–Kier alpha value is -2.26. The summed E-state index contributed by atoms with van der Waals surface area (Å²) in [5.41, 5.74) is 0.752. The molecule has 8 nitrogen and oxygen atoms in total. The van der Waals surface area contributed by atoms with Crippen molar-refractivity contribution in [3.63, 3.8) is 0 Å². The molecule has 4 N–H and O–H groups in total. The molecule has 0 aliphatic rings. The first-order valence-corrected chi connectivity index (χ1v) is 8.25. The van der Waals surface area contributed by atoms with Crippen LogP contribution in [0.2, 0.25) is 0 Å². The summed E-state index contributed by atoms with van der Waals surface area (Å²) in [5.74, 6) is -0.959. The minimum Gasteiger partial charge on any atom is -0.508 e. The van der Waals surface area contributed by atoms with E-state index in [-0.39, 0.29) is 30.5 Å². The molecular formula is C16H23N3O5S. The molecular weight excluding hydrogens is 346 g/mol. The second-order valence-corrected chi connectivity index (χ2v) is 5.67. The van der Waals surface area contributed by atoms with Crippen LogP contribution in [0.3, 0.4) is 0 Å². The third-order valence-electron chi connectivity index (χ3n) is 3.36. The lowest BCUT2D eigenvalue weighted by atomic mass is 10.1. The summed E-state index contributed by atoms with van der Waals surface area (Å²) in [6.07, 6.45) is 0.212. The van der Waals surface area contributed by atoms with E-state index in [1.165, 1.54) is 26.2 Å². The minimum absolute atomic E-state index is 0.106. The van der Waals surface area contributed by atoms with Crippen LogP contribution in [0.5, 0.6) is 5.75 Å². The fraction of sp³-hybridized carbons (Fsp3) is 0.438. The molecule has 0 aliphatic heterocycles. The monoisotopic (exact) mass is 369 g/mol. The van der Waals surface area contributed by atoms with Crippen LogP contribution in [0.4, 0.5) is 0 Å². The average Bonchev–Trinajstić information content (AvgIpc) is 2.58. The summed E-state index contributed by atoms with van der Waals surface area (Å²) in [4.78, 5) is 35.2. The molecule has 2 atom stereocenters. The Labute approximate surface area is 151 Å². The van der Waals surface area contributed by atoms with Crippen LogP contribution in [0.25, 0.3) is 0 Å². The van der Waals surface area contributed by atoms with Gasteiger partial charge in [0, 0.05) is 19.1 Å². The van der Waals surface area contributed by atoms with Crippen molar-refractivity contribution < 1.29 is 24.2 Å². The van der Waals surface area contributed by atoms with Gasteiger partial charge in [0.2, 0.25) is 11.8 Å². The van der Waals surface area contributed by atoms with Gasteiger partial charge in [0.1, 0.15) is 11.8 Å². The van der Waals surface area contributed by atoms with E-state index in [0.29, 0.717) is 0 Å². The largest absolute Gasteiger partial charge is 0.508 e. The number of thiol groups is 1. The molecule has 0 unspecified atom stereocenters. The molecule has 1 aromatic rings. The van der Waals surface area contributed by atoms with Crippen LogP contribution in [-0.4, -0.2) is 54.5 Å². The second-order valence-electron chi connectivity index (χ2n) is 5.30. The topological polar surface area (TPSA) is 117 Å². The van der Waals surface area contributed by atoms with Crippen molar-refractivity contribution in [2.75, 3.05) is 19.5 Å². The summed E-state index contributed by atoms with van der Waals surface area (Å²) >= 11 is 4.11. The van der Waals surface area contributed by atoms with Gasteiger partial charge in [0.05, 0.1) is 19.8 Å². The first kappa shape index (κ1) is 20.8. The van der Waals surface area contributed by atoms with Crippen LogP contribution in [0.15, 0.2) is 24.3 Å². The van der Waals surface area contributed by atoms with E-state index in [2.05, 4.69) is 28.6 Å². The van der Waals surface area contributed by atoms with Gasteiger partial charge in [-0.2, -0.15) is 12.6 Å². The molecule has 0 bridgehead atoms. The fourth-order valence-electron chi connectivity index (χ4n) is 2.01. The van der Waals surface area contributed by atoms with E-state index in [0.717, 1.165) is 5.56 Å². The van der Waals surface area contributed by atoms with Crippen molar-refractivity contribution in [3.8, 4) is 5.75 Å². The van der Waals surface area contributed by atoms with E-state index < -0.39 is 24.0 Å². The van der Waals surface area contributed by atoms with Crippen LogP contribution in [-0.2, 0) is 25.5 Å². The van der Waals surface area contributed by atoms with Crippen molar-refractivity contribution in [2.45, 2.75) is 25.4 Å². The van der Waals surface area contributed by atoms with Crippen LogP contribution in [0, 0.1) is 0 Å². The van der Waals surface area contributed by atoms with Gasteiger partial charge in [-0.1, -0.05) is 12.1 Å². The normalized spacial score (nSPS) is 12.8. The minimum atomic E-state index is -0.882. The highest BCUT2D eigenvalue weighted by Gasteiger charge is 2.25. The van der Waals surface area contributed by atoms with Gasteiger partial charge in [-0.25, -0.2) is 4.79 Å². The molecule has 25 heavy (non-hydrogen) atoms. The van der Waals surface area contributed by atoms with Gasteiger partial charge in [-0.15, -0.1) is 0 Å². The van der Waals surface area contributed by atoms with E-state index in [4.69, 9.17) is 4.74 Å². The predicted molar refractivity (Wildman–Crippen MR) is 95.2 cm³/mol. The molecule has 1 aromatic carbocycles. The molecule has 2 amide bonds. The third kappa shape index (κ3) is 7.44. The maximum atomic E-state index is 12.3. The molecule has 0 radical (unpaired) electrons. The van der Waals surface area contributed by atoms with Gasteiger partial charge in [-0.05, 0) is 17.7 Å². The lowest BCUT2D eigenvalue weighted by molar-refractivity contribution is -0.145. The SMILES string of the molecule is COC(=O)[C@H](Cc1ccc(O)cc1)NC(=O)[C@H](CS)NCNC(C)=O. The van der Waals surface area contributed by atoms with E-state index >= 15 is 0 Å². The molecule has 9 heteroatoms. The van der Waals surface area contributed by atoms with Crippen LogP contribution >= 0.6 is 12.6 Å². The van der Waals surface area contributed by atoms with E-state index in [1.54, 1.807) is 12.1 Å². The Bertz CT molecular complexity index is 594. The number of methoxy groups -OCH3 is 1. The van der Waals surface area contributed by atoms with Gasteiger partial charge < -0.3 is 20.5 Å². The maximum absolute atomic E-state index is 12.3. The number of carbonyl (C=O) groups is 3. The Morgan fingerprint density at radius 3 is 2.36 bits per heavy atom. The molecule has 0 saturated heterocycles. The number of aromatic hydroxyl groups is 1. The quantitative estimate of drug-likeness (QED) is 0.229. The van der Waals surface area contributed by atoms with Crippen molar-refractivity contribution >= 4 is 30.4 Å². The summed E-state index contributed by atoms with van der Waals surface area (Å²) in [5, 5.41) is 17.3. The second kappa shape index (κ2) is 10.6. The summed E-state index contributed by atoms with van der Waals surface area (Å²) in [6.45, 7) is 1.47. The van der Waals surface area contributed by atoms with Crippen LogP contribution in [0.1, 0.15) is 12.5 Å². The number of carbonyl (C=O) groups excluding carboxylic acids is 3. The number of amides is 2. The number of phenols is 1. The first-order valence-electron chi connectivity index (χ1n) is 7.62. The molecule has 0 spiro atoms. The molecule has 0 fully saturated rings. The zero-order valence-corrected chi connectivity index (χ0v) is 15.0. The number of esters is 1. The number of hydrogen-bond donors (Lipinski definition) is 5. The lowest BCUT2D eigenvalue weighted by Gasteiger charge is -2.21. The molecule has 1 rings (SSSR count). The Morgan fingerprint density at radius 1 is 1.20 bits per heavy atom. The average molecular weight is 369 g/mol. The van der Waals surface area contributed by atoms with Crippen molar-refractivity contribution in [3.05, 3.63) is 29.8 Å². The summed E-state index contributed by atoms with van der Waals surface area (Å²) in [7, 11) is 1.24. The summed E-state index contributed by atoms with van der Waals surface area (Å²) < 4.78 is 4.74. The Balaban J connectivity index is 2.71. The highest BCUT2D eigenvalue weighted by atomic mass is 32.1. The standard InChI is InChI=1S/C16H23N3O5S/c1-10(20)17-9-18-14(8-25)15(22)19-13(16(23)24-2)7-11-3-5-12(21)6-4-11/h3-6,13-14,18,21,25H,7-9H2,1-2H3,(H,17,20)(H,19,22)/t13-,14-/m0/s1. The Morgan fingerprint density at radius 2 is 1.84 bits per heavy atom.